The number of phosphoric ester groups is 2. The topological polar surface area (TPSA) is 237 Å². The molecular formula is C75H132O17P2. The van der Waals surface area contributed by atoms with E-state index in [1.807, 2.05) is 0 Å². The van der Waals surface area contributed by atoms with Crippen molar-refractivity contribution in [1.29, 1.82) is 0 Å². The summed E-state index contributed by atoms with van der Waals surface area (Å²) in [5, 5.41) is 10.6. The number of hydrogen-bond acceptors (Lipinski definition) is 15. The molecule has 5 unspecified atom stereocenters. The minimum Gasteiger partial charge on any atom is -0.462 e. The molecular weight excluding hydrogens is 1230 g/mol. The molecule has 0 heterocycles. The van der Waals surface area contributed by atoms with Gasteiger partial charge in [-0.1, -0.05) is 235 Å². The van der Waals surface area contributed by atoms with Crippen molar-refractivity contribution in [1.82, 2.24) is 0 Å². The molecule has 0 rings (SSSR count). The lowest BCUT2D eigenvalue weighted by Gasteiger charge is -2.21. The van der Waals surface area contributed by atoms with Gasteiger partial charge in [0, 0.05) is 25.7 Å². The first kappa shape index (κ1) is 90.2. The summed E-state index contributed by atoms with van der Waals surface area (Å²) in [4.78, 5) is 72.7. The van der Waals surface area contributed by atoms with E-state index in [4.69, 9.17) is 37.0 Å². The maximum absolute atomic E-state index is 13.0. The van der Waals surface area contributed by atoms with Crippen LogP contribution in [0, 0.1) is 0 Å². The number of esters is 4. The van der Waals surface area contributed by atoms with Crippen LogP contribution in [-0.2, 0) is 65.4 Å². The van der Waals surface area contributed by atoms with E-state index < -0.39 is 97.5 Å². The van der Waals surface area contributed by atoms with Gasteiger partial charge in [-0.05, 0) is 135 Å². The third-order valence-corrected chi connectivity index (χ3v) is 17.2. The Morgan fingerprint density at radius 3 is 0.862 bits per heavy atom. The fourth-order valence-electron chi connectivity index (χ4n) is 9.61. The summed E-state index contributed by atoms with van der Waals surface area (Å²) in [6, 6.07) is 0. The SMILES string of the molecule is CCC/C=C\C/C=C\CCCCCCCC(=O)OCC(COP(=O)(O)OCC(O)COP(=O)(O)OCC(COC(=O)CCCCCCC/C=C\C/C=C\CCCCC)OC(=O)CCCCCCC/C=C\C/C=C\CCC)OC(=O)CCCCCCC/C=C\CCCCCC. The molecule has 94 heavy (non-hydrogen) atoms. The maximum atomic E-state index is 13.0. The first-order chi connectivity index (χ1) is 45.7. The second-order valence-corrected chi connectivity index (χ2v) is 27.4. The summed E-state index contributed by atoms with van der Waals surface area (Å²) in [6.07, 6.45) is 67.2. The number of aliphatic hydroxyl groups is 1. The fraction of sp³-hybridized carbons (Fsp3) is 0.760. The highest BCUT2D eigenvalue weighted by molar-refractivity contribution is 7.47. The lowest BCUT2D eigenvalue weighted by atomic mass is 10.1. The average Bonchev–Trinajstić information content (AvgIpc) is 2.45. The minimum absolute atomic E-state index is 0.0762. The zero-order valence-corrected chi connectivity index (χ0v) is 60.9. The van der Waals surface area contributed by atoms with Crippen LogP contribution in [-0.4, -0.2) is 96.7 Å². The van der Waals surface area contributed by atoms with Crippen LogP contribution in [0.5, 0.6) is 0 Å². The summed E-state index contributed by atoms with van der Waals surface area (Å²) in [6.45, 7) is 4.65. The zero-order chi connectivity index (χ0) is 69.0. The third kappa shape index (κ3) is 66.8. The van der Waals surface area contributed by atoms with Crippen LogP contribution in [0.1, 0.15) is 310 Å². The van der Waals surface area contributed by atoms with Gasteiger partial charge in [0.25, 0.3) is 0 Å². The predicted molar refractivity (Wildman–Crippen MR) is 381 cm³/mol. The average molecular weight is 1370 g/mol. The molecule has 0 aromatic heterocycles. The van der Waals surface area contributed by atoms with E-state index in [-0.39, 0.29) is 25.7 Å². The van der Waals surface area contributed by atoms with Crippen molar-refractivity contribution in [2.75, 3.05) is 39.6 Å². The Balaban J connectivity index is 5.35. The highest BCUT2D eigenvalue weighted by Gasteiger charge is 2.30. The van der Waals surface area contributed by atoms with Crippen LogP contribution < -0.4 is 0 Å². The molecule has 0 aromatic rings. The summed E-state index contributed by atoms with van der Waals surface area (Å²) in [5.74, 6) is -2.22. The van der Waals surface area contributed by atoms with E-state index in [1.54, 1.807) is 0 Å². The molecule has 17 nitrogen and oxygen atoms in total. The number of aliphatic hydroxyl groups excluding tert-OH is 1. The van der Waals surface area contributed by atoms with Gasteiger partial charge in [0.1, 0.15) is 19.3 Å². The van der Waals surface area contributed by atoms with Gasteiger partial charge in [0.2, 0.25) is 0 Å². The van der Waals surface area contributed by atoms with Crippen LogP contribution in [0.15, 0.2) is 85.1 Å². The standard InChI is InChI=1S/C75H132O17P2/c1-5-9-13-17-21-25-29-33-34-38-40-44-48-52-56-60-73(78)86-66-71(92-75(80)62-58-54-50-46-42-37-32-28-24-20-16-12-8-4)68-90-94(83,84)88-64-69(76)63-87-93(81,82)89-67-70(91-74(79)61-57-53-49-45-41-36-31-27-23-19-15-11-7-3)65-85-72(77)59-55-51-47-43-39-35-30-26-22-18-14-10-6-2/h14,16,18,20-21,25-28,30-34,69-71,76H,5-13,15,17,19,22-24,29,35-68H2,1-4H3,(H,81,82)(H,83,84)/b18-14-,20-16-,25-21-,30-26-,31-27-,32-28-,34-33-. The van der Waals surface area contributed by atoms with Crippen molar-refractivity contribution < 1.29 is 80.2 Å². The number of carbonyl (C=O) groups excluding carboxylic acids is 4. The van der Waals surface area contributed by atoms with Crippen LogP contribution in [0.2, 0.25) is 0 Å². The van der Waals surface area contributed by atoms with Crippen LogP contribution in [0.3, 0.4) is 0 Å². The number of ether oxygens (including phenoxy) is 4. The van der Waals surface area contributed by atoms with Crippen molar-refractivity contribution in [3.05, 3.63) is 85.1 Å². The fourth-order valence-corrected chi connectivity index (χ4v) is 11.2. The lowest BCUT2D eigenvalue weighted by molar-refractivity contribution is -0.161. The van der Waals surface area contributed by atoms with E-state index in [2.05, 4.69) is 113 Å². The van der Waals surface area contributed by atoms with E-state index in [9.17, 15) is 43.2 Å². The van der Waals surface area contributed by atoms with Gasteiger partial charge < -0.3 is 33.8 Å². The summed E-state index contributed by atoms with van der Waals surface area (Å²) in [5.41, 5.74) is 0. The number of allylic oxidation sites excluding steroid dienone is 14. The second-order valence-electron chi connectivity index (χ2n) is 24.5. The predicted octanol–water partition coefficient (Wildman–Crippen LogP) is 20.7. The molecule has 0 aromatic carbocycles. The van der Waals surface area contributed by atoms with Crippen molar-refractivity contribution in [2.45, 2.75) is 329 Å². The van der Waals surface area contributed by atoms with Crippen molar-refractivity contribution >= 4 is 39.5 Å². The summed E-state index contributed by atoms with van der Waals surface area (Å²) in [7, 11) is -9.95. The molecule has 0 saturated carbocycles. The zero-order valence-electron chi connectivity index (χ0n) is 59.1. The first-order valence-corrected chi connectivity index (χ1v) is 39.8. The quantitative estimate of drug-likeness (QED) is 0.0169. The second kappa shape index (κ2) is 67.8. The molecule has 0 saturated heterocycles. The van der Waals surface area contributed by atoms with Gasteiger partial charge in [-0.25, -0.2) is 9.13 Å². The number of carbonyl (C=O) groups is 4. The normalized spacial score (nSPS) is 14.5. The molecule has 0 aliphatic carbocycles. The molecule has 5 atom stereocenters. The monoisotopic (exact) mass is 1370 g/mol. The number of rotatable bonds is 69. The molecule has 3 N–H and O–H groups in total. The van der Waals surface area contributed by atoms with Crippen molar-refractivity contribution in [3.8, 4) is 0 Å². The number of unbranched alkanes of at least 4 members (excludes halogenated alkanes) is 29. The molecule has 0 amide bonds. The number of phosphoric acid groups is 2. The van der Waals surface area contributed by atoms with Gasteiger partial charge >= 0.3 is 39.5 Å². The molecule has 19 heteroatoms. The lowest BCUT2D eigenvalue weighted by Crippen LogP contribution is -2.30. The van der Waals surface area contributed by atoms with Crippen molar-refractivity contribution in [2.24, 2.45) is 0 Å². The van der Waals surface area contributed by atoms with Gasteiger partial charge in [-0.2, -0.15) is 0 Å². The van der Waals surface area contributed by atoms with Crippen LogP contribution in [0.25, 0.3) is 0 Å². The third-order valence-electron chi connectivity index (χ3n) is 15.3. The van der Waals surface area contributed by atoms with Gasteiger partial charge in [-0.15, -0.1) is 0 Å². The van der Waals surface area contributed by atoms with E-state index in [0.29, 0.717) is 25.7 Å². The Morgan fingerprint density at radius 2 is 0.543 bits per heavy atom. The molecule has 0 radical (unpaired) electrons. The largest absolute Gasteiger partial charge is 0.472 e. The Labute approximate surface area is 570 Å². The molecule has 0 bridgehead atoms. The highest BCUT2D eigenvalue weighted by atomic mass is 31.2. The Kier molecular flexibility index (Phi) is 65.1. The van der Waals surface area contributed by atoms with Crippen LogP contribution in [0.4, 0.5) is 0 Å². The van der Waals surface area contributed by atoms with Crippen LogP contribution >= 0.6 is 15.6 Å². The highest BCUT2D eigenvalue weighted by Crippen LogP contribution is 2.45. The van der Waals surface area contributed by atoms with E-state index >= 15 is 0 Å². The summed E-state index contributed by atoms with van der Waals surface area (Å²) >= 11 is 0. The smallest absolute Gasteiger partial charge is 0.462 e. The molecule has 0 aliphatic rings. The number of hydrogen-bond donors (Lipinski definition) is 3. The van der Waals surface area contributed by atoms with Gasteiger partial charge in [-0.3, -0.25) is 37.3 Å². The molecule has 544 valence electrons. The first-order valence-electron chi connectivity index (χ1n) is 36.8. The molecule has 0 aliphatic heterocycles. The van der Waals surface area contributed by atoms with Gasteiger partial charge in [0.05, 0.1) is 26.4 Å². The summed E-state index contributed by atoms with van der Waals surface area (Å²) < 4.78 is 68.3. The maximum Gasteiger partial charge on any atom is 0.472 e. The van der Waals surface area contributed by atoms with Crippen molar-refractivity contribution in [3.63, 3.8) is 0 Å². The Morgan fingerprint density at radius 1 is 0.298 bits per heavy atom. The Hall–Kier alpha value is -3.76. The minimum atomic E-state index is -4.98. The van der Waals surface area contributed by atoms with E-state index in [0.717, 1.165) is 186 Å². The molecule has 0 fully saturated rings. The Bertz CT molecular complexity index is 2120. The van der Waals surface area contributed by atoms with Gasteiger partial charge in [0.15, 0.2) is 12.2 Å². The van der Waals surface area contributed by atoms with E-state index in [1.165, 1.54) is 44.9 Å². The molecule has 0 spiro atoms.